The highest BCUT2D eigenvalue weighted by atomic mass is 35.5. The van der Waals surface area contributed by atoms with Crippen LogP contribution in [0, 0.1) is 5.82 Å². The van der Waals surface area contributed by atoms with Crippen LogP contribution in [0.4, 0.5) is 10.2 Å². The lowest BCUT2D eigenvalue weighted by atomic mass is 10.2. The maximum Gasteiger partial charge on any atom is 0.258 e. The van der Waals surface area contributed by atoms with Gasteiger partial charge in [0.1, 0.15) is 11.6 Å². The molecule has 0 atom stereocenters. The molecule has 1 amide bonds. The minimum absolute atomic E-state index is 0.0194. The normalized spacial score (nSPS) is 10.7. The third-order valence-corrected chi connectivity index (χ3v) is 4.46. The molecule has 1 N–H and O–H groups in total. The number of carbonyl (C=O) groups excluding carboxylic acids is 1. The van der Waals surface area contributed by atoms with Crippen LogP contribution in [0.25, 0.3) is 0 Å². The minimum Gasteiger partial charge on any atom is -0.307 e. The van der Waals surface area contributed by atoms with Crippen LogP contribution in [0.2, 0.25) is 15.1 Å². The number of nitrogens with one attached hydrogen (secondary N) is 1. The van der Waals surface area contributed by atoms with Gasteiger partial charge < -0.3 is 5.32 Å². The Kier molecular flexibility index (Phi) is 5.27. The molecule has 3 aromatic rings. The van der Waals surface area contributed by atoms with Crippen LogP contribution in [0.15, 0.2) is 48.7 Å². The Hall–Kier alpha value is -2.08. The molecule has 0 aliphatic rings. The van der Waals surface area contributed by atoms with Gasteiger partial charge in [-0.25, -0.2) is 9.07 Å². The van der Waals surface area contributed by atoms with Gasteiger partial charge in [-0.2, -0.15) is 5.10 Å². The molecular formula is C17H11Cl3FN3O. The van der Waals surface area contributed by atoms with Crippen LogP contribution in [0.1, 0.15) is 15.9 Å². The Morgan fingerprint density at radius 3 is 2.60 bits per heavy atom. The van der Waals surface area contributed by atoms with E-state index in [9.17, 15) is 9.18 Å². The highest BCUT2D eigenvalue weighted by Crippen LogP contribution is 2.25. The molecule has 25 heavy (non-hydrogen) atoms. The molecule has 8 heteroatoms. The molecule has 0 fully saturated rings. The van der Waals surface area contributed by atoms with E-state index >= 15 is 0 Å². The number of hydrogen-bond acceptors (Lipinski definition) is 2. The van der Waals surface area contributed by atoms with Crippen LogP contribution in [0.3, 0.4) is 0 Å². The van der Waals surface area contributed by atoms with Crippen molar-refractivity contribution in [1.29, 1.82) is 0 Å². The predicted octanol–water partition coefficient (Wildman–Crippen LogP) is 5.28. The Balaban J connectivity index is 1.83. The van der Waals surface area contributed by atoms with E-state index in [1.165, 1.54) is 12.3 Å². The summed E-state index contributed by atoms with van der Waals surface area (Å²) in [6.45, 7) is 0.366. The highest BCUT2D eigenvalue weighted by molar-refractivity contribution is 6.37. The maximum atomic E-state index is 13.6. The standard InChI is InChI=1S/C17H11Cl3FN3O/c18-12-4-2-1-3-10(12)9-24-16(5-6-22-24)23-17(25)11-7-15(21)14(20)8-13(11)19/h1-8H,9H2,(H,23,25). The van der Waals surface area contributed by atoms with E-state index in [4.69, 9.17) is 34.8 Å². The van der Waals surface area contributed by atoms with Crippen molar-refractivity contribution in [3.8, 4) is 0 Å². The van der Waals surface area contributed by atoms with E-state index in [1.807, 2.05) is 18.2 Å². The number of nitrogens with zero attached hydrogens (tertiary/aromatic N) is 2. The monoisotopic (exact) mass is 397 g/mol. The zero-order chi connectivity index (χ0) is 18.0. The quantitative estimate of drug-likeness (QED) is 0.608. The molecule has 4 nitrogen and oxygen atoms in total. The second-order valence-corrected chi connectivity index (χ2v) is 6.39. The van der Waals surface area contributed by atoms with Gasteiger partial charge in [0.2, 0.25) is 0 Å². The molecule has 0 aliphatic heterocycles. The summed E-state index contributed by atoms with van der Waals surface area (Å²) in [5.74, 6) is -0.862. The fourth-order valence-electron chi connectivity index (χ4n) is 2.23. The Labute approximate surface area is 158 Å². The van der Waals surface area contributed by atoms with E-state index in [0.29, 0.717) is 17.4 Å². The third kappa shape index (κ3) is 3.95. The van der Waals surface area contributed by atoms with Crippen molar-refractivity contribution in [2.75, 3.05) is 5.32 Å². The fraction of sp³-hybridized carbons (Fsp3) is 0.0588. The molecule has 0 unspecified atom stereocenters. The number of benzene rings is 2. The topological polar surface area (TPSA) is 46.9 Å². The van der Waals surface area contributed by atoms with Crippen LogP contribution in [-0.4, -0.2) is 15.7 Å². The molecule has 0 spiro atoms. The molecule has 1 heterocycles. The summed E-state index contributed by atoms with van der Waals surface area (Å²) in [5, 5.41) is 7.33. The van der Waals surface area contributed by atoms with Crippen LogP contribution in [-0.2, 0) is 6.54 Å². The van der Waals surface area contributed by atoms with Crippen molar-refractivity contribution >= 4 is 46.5 Å². The Morgan fingerprint density at radius 1 is 1.08 bits per heavy atom. The summed E-state index contributed by atoms with van der Waals surface area (Å²) in [5.41, 5.74) is 0.827. The molecule has 0 aliphatic carbocycles. The first kappa shape index (κ1) is 17.7. The van der Waals surface area contributed by atoms with Crippen molar-refractivity contribution < 1.29 is 9.18 Å². The lowest BCUT2D eigenvalue weighted by molar-refractivity contribution is 0.102. The third-order valence-electron chi connectivity index (χ3n) is 3.49. The van der Waals surface area contributed by atoms with Crippen LogP contribution >= 0.6 is 34.8 Å². The number of hydrogen-bond donors (Lipinski definition) is 1. The van der Waals surface area contributed by atoms with E-state index in [0.717, 1.165) is 11.6 Å². The molecule has 3 rings (SSSR count). The van der Waals surface area contributed by atoms with Gasteiger partial charge in [-0.1, -0.05) is 53.0 Å². The summed E-state index contributed by atoms with van der Waals surface area (Å²) >= 11 is 17.8. The van der Waals surface area contributed by atoms with Gasteiger partial charge in [0.15, 0.2) is 0 Å². The number of halogens is 4. The first-order valence-corrected chi connectivity index (χ1v) is 8.30. The average Bonchev–Trinajstić information content (AvgIpc) is 3.00. The number of amides is 1. The molecule has 2 aromatic carbocycles. The summed E-state index contributed by atoms with van der Waals surface area (Å²) in [6.07, 6.45) is 1.54. The van der Waals surface area contributed by atoms with E-state index in [1.54, 1.807) is 16.8 Å². The maximum absolute atomic E-state index is 13.6. The number of rotatable bonds is 4. The van der Waals surface area contributed by atoms with Gasteiger partial charge in [0.25, 0.3) is 5.91 Å². The van der Waals surface area contributed by atoms with Crippen molar-refractivity contribution in [1.82, 2.24) is 9.78 Å². The largest absolute Gasteiger partial charge is 0.307 e. The number of carbonyl (C=O) groups is 1. The fourth-order valence-corrected chi connectivity index (χ4v) is 2.90. The van der Waals surface area contributed by atoms with Gasteiger partial charge in [0, 0.05) is 11.1 Å². The Bertz CT molecular complexity index is 943. The van der Waals surface area contributed by atoms with Gasteiger partial charge in [0.05, 0.1) is 28.4 Å². The number of anilines is 1. The van der Waals surface area contributed by atoms with Crippen molar-refractivity contribution in [3.05, 3.63) is 80.7 Å². The molecule has 0 radical (unpaired) electrons. The lowest BCUT2D eigenvalue weighted by Crippen LogP contribution is -2.17. The van der Waals surface area contributed by atoms with Gasteiger partial charge >= 0.3 is 0 Å². The van der Waals surface area contributed by atoms with Crippen molar-refractivity contribution in [3.63, 3.8) is 0 Å². The second kappa shape index (κ2) is 7.44. The molecule has 0 saturated carbocycles. The molecule has 0 saturated heterocycles. The summed E-state index contributed by atoms with van der Waals surface area (Å²) in [7, 11) is 0. The molecule has 0 bridgehead atoms. The van der Waals surface area contributed by atoms with E-state index in [2.05, 4.69) is 10.4 Å². The molecule has 128 valence electrons. The molecule has 1 aromatic heterocycles. The van der Waals surface area contributed by atoms with E-state index < -0.39 is 11.7 Å². The zero-order valence-electron chi connectivity index (χ0n) is 12.6. The summed E-state index contributed by atoms with van der Waals surface area (Å²) < 4.78 is 15.2. The highest BCUT2D eigenvalue weighted by Gasteiger charge is 2.16. The van der Waals surface area contributed by atoms with E-state index in [-0.39, 0.29) is 15.6 Å². The zero-order valence-corrected chi connectivity index (χ0v) is 14.9. The average molecular weight is 399 g/mol. The van der Waals surface area contributed by atoms with Crippen LogP contribution in [0.5, 0.6) is 0 Å². The van der Waals surface area contributed by atoms with Crippen molar-refractivity contribution in [2.24, 2.45) is 0 Å². The Morgan fingerprint density at radius 2 is 1.84 bits per heavy atom. The van der Waals surface area contributed by atoms with Crippen LogP contribution < -0.4 is 5.32 Å². The van der Waals surface area contributed by atoms with Crippen molar-refractivity contribution in [2.45, 2.75) is 6.54 Å². The van der Waals surface area contributed by atoms with Gasteiger partial charge in [-0.05, 0) is 23.8 Å². The second-order valence-electron chi connectivity index (χ2n) is 5.17. The SMILES string of the molecule is O=C(Nc1ccnn1Cc1ccccc1Cl)c1cc(F)c(Cl)cc1Cl. The van der Waals surface area contributed by atoms with Gasteiger partial charge in [-0.3, -0.25) is 4.79 Å². The first-order valence-electron chi connectivity index (χ1n) is 7.17. The lowest BCUT2D eigenvalue weighted by Gasteiger charge is -2.11. The first-order chi connectivity index (χ1) is 12.0. The summed E-state index contributed by atoms with van der Waals surface area (Å²) in [4.78, 5) is 12.4. The predicted molar refractivity (Wildman–Crippen MR) is 97.2 cm³/mol. The summed E-state index contributed by atoms with van der Waals surface area (Å²) in [6, 6.07) is 11.1. The smallest absolute Gasteiger partial charge is 0.258 e. The number of aromatic nitrogens is 2. The molecular weight excluding hydrogens is 388 g/mol. The van der Waals surface area contributed by atoms with Gasteiger partial charge in [-0.15, -0.1) is 0 Å². The minimum atomic E-state index is -0.721.